The summed E-state index contributed by atoms with van der Waals surface area (Å²) >= 11 is 5.91. The van der Waals surface area contributed by atoms with Crippen LogP contribution < -0.4 is 16.4 Å². The van der Waals surface area contributed by atoms with E-state index in [9.17, 15) is 18.4 Å². The largest absolute Gasteiger partial charge is 0.398 e. The molecule has 2 aromatic rings. The number of amides is 2. The fourth-order valence-electron chi connectivity index (χ4n) is 3.41. The minimum absolute atomic E-state index is 0.196. The highest BCUT2D eigenvalue weighted by Gasteiger charge is 2.23. The van der Waals surface area contributed by atoms with E-state index in [1.165, 1.54) is 5.56 Å². The Hall–Kier alpha value is -2.71. The molecular formula is C21H23ClF2N4O2. The van der Waals surface area contributed by atoms with E-state index in [4.69, 9.17) is 17.3 Å². The number of nitrogens with two attached hydrogens (primary N) is 1. The van der Waals surface area contributed by atoms with Gasteiger partial charge in [0.25, 0.3) is 5.91 Å². The highest BCUT2D eigenvalue weighted by Crippen LogP contribution is 2.19. The van der Waals surface area contributed by atoms with E-state index in [0.29, 0.717) is 23.6 Å². The van der Waals surface area contributed by atoms with Crippen molar-refractivity contribution < 1.29 is 18.4 Å². The lowest BCUT2D eigenvalue weighted by Crippen LogP contribution is -2.39. The third-order valence-electron chi connectivity index (χ3n) is 5.02. The molecule has 1 aliphatic rings. The van der Waals surface area contributed by atoms with Crippen LogP contribution in [0.25, 0.3) is 0 Å². The van der Waals surface area contributed by atoms with E-state index in [-0.39, 0.29) is 23.7 Å². The lowest BCUT2D eigenvalue weighted by atomic mass is 10.1. The first-order chi connectivity index (χ1) is 14.3. The predicted molar refractivity (Wildman–Crippen MR) is 111 cm³/mol. The molecule has 2 aromatic carbocycles. The van der Waals surface area contributed by atoms with Gasteiger partial charge in [0.2, 0.25) is 5.91 Å². The topological polar surface area (TPSA) is 87.5 Å². The smallest absolute Gasteiger partial charge is 0.253 e. The van der Waals surface area contributed by atoms with Crippen molar-refractivity contribution in [3.8, 4) is 0 Å². The summed E-state index contributed by atoms with van der Waals surface area (Å²) in [4.78, 5) is 26.4. The normalized spacial score (nSPS) is 16.4. The molecule has 160 valence electrons. The van der Waals surface area contributed by atoms with E-state index in [1.54, 1.807) is 0 Å². The van der Waals surface area contributed by atoms with Crippen LogP contribution in [0.4, 0.5) is 14.5 Å². The summed E-state index contributed by atoms with van der Waals surface area (Å²) in [6.45, 7) is 2.85. The molecule has 9 heteroatoms. The van der Waals surface area contributed by atoms with E-state index in [1.807, 2.05) is 24.3 Å². The molecule has 6 nitrogen and oxygen atoms in total. The van der Waals surface area contributed by atoms with Gasteiger partial charge in [-0.3, -0.25) is 14.5 Å². The minimum atomic E-state index is -1.18. The SMILES string of the molecule is Nc1cc(F)c(F)cc1C(=O)NCC(=O)NCC1CCN(Cc2ccc(Cl)cc2)C1. The Kier molecular flexibility index (Phi) is 7.23. The molecule has 0 radical (unpaired) electrons. The molecule has 1 heterocycles. The number of hydrogen-bond donors (Lipinski definition) is 3. The summed E-state index contributed by atoms with van der Waals surface area (Å²) in [7, 11) is 0. The van der Waals surface area contributed by atoms with Crippen molar-refractivity contribution in [3.63, 3.8) is 0 Å². The molecule has 1 aliphatic heterocycles. The fraction of sp³-hybridized carbons (Fsp3) is 0.333. The van der Waals surface area contributed by atoms with Gasteiger partial charge in [-0.25, -0.2) is 8.78 Å². The molecule has 1 saturated heterocycles. The van der Waals surface area contributed by atoms with Gasteiger partial charge in [0, 0.05) is 36.4 Å². The lowest BCUT2D eigenvalue weighted by Gasteiger charge is -2.16. The van der Waals surface area contributed by atoms with Gasteiger partial charge < -0.3 is 16.4 Å². The molecule has 0 saturated carbocycles. The highest BCUT2D eigenvalue weighted by atomic mass is 35.5. The second-order valence-corrected chi connectivity index (χ2v) is 7.79. The van der Waals surface area contributed by atoms with Gasteiger partial charge in [0.1, 0.15) is 0 Å². The average Bonchev–Trinajstić information content (AvgIpc) is 3.16. The van der Waals surface area contributed by atoms with Crippen molar-refractivity contribution in [3.05, 3.63) is 64.2 Å². The van der Waals surface area contributed by atoms with Gasteiger partial charge in [-0.1, -0.05) is 23.7 Å². The Labute approximate surface area is 178 Å². The monoisotopic (exact) mass is 436 g/mol. The number of rotatable bonds is 7. The number of hydrogen-bond acceptors (Lipinski definition) is 4. The van der Waals surface area contributed by atoms with Crippen LogP contribution in [0.3, 0.4) is 0 Å². The Balaban J connectivity index is 1.39. The van der Waals surface area contributed by atoms with E-state index < -0.39 is 17.5 Å². The Morgan fingerprint density at radius 3 is 2.57 bits per heavy atom. The zero-order valence-corrected chi connectivity index (χ0v) is 17.0. The van der Waals surface area contributed by atoms with Crippen molar-refractivity contribution >= 4 is 29.1 Å². The minimum Gasteiger partial charge on any atom is -0.398 e. The number of nitrogens with zero attached hydrogens (tertiary/aromatic N) is 1. The lowest BCUT2D eigenvalue weighted by molar-refractivity contribution is -0.120. The third-order valence-corrected chi connectivity index (χ3v) is 5.28. The van der Waals surface area contributed by atoms with Crippen molar-refractivity contribution in [1.82, 2.24) is 15.5 Å². The van der Waals surface area contributed by atoms with Gasteiger partial charge >= 0.3 is 0 Å². The first-order valence-corrected chi connectivity index (χ1v) is 9.96. The van der Waals surface area contributed by atoms with Crippen LogP contribution in [0.2, 0.25) is 5.02 Å². The van der Waals surface area contributed by atoms with E-state index in [0.717, 1.165) is 32.1 Å². The molecule has 0 aromatic heterocycles. The van der Waals surface area contributed by atoms with Gasteiger partial charge in [0.15, 0.2) is 11.6 Å². The van der Waals surface area contributed by atoms with E-state index >= 15 is 0 Å². The van der Waals surface area contributed by atoms with Crippen LogP contribution in [-0.4, -0.2) is 42.9 Å². The maximum absolute atomic E-state index is 13.3. The summed E-state index contributed by atoms with van der Waals surface area (Å²) in [5, 5.41) is 5.87. The van der Waals surface area contributed by atoms with Gasteiger partial charge in [0.05, 0.1) is 12.1 Å². The number of benzene rings is 2. The maximum Gasteiger partial charge on any atom is 0.253 e. The summed E-state index contributed by atoms with van der Waals surface area (Å²) in [5.74, 6) is -3.09. The van der Waals surface area contributed by atoms with Crippen LogP contribution in [0.15, 0.2) is 36.4 Å². The number of anilines is 1. The zero-order valence-electron chi connectivity index (χ0n) is 16.3. The van der Waals surface area contributed by atoms with Crippen LogP contribution in [-0.2, 0) is 11.3 Å². The van der Waals surface area contributed by atoms with Gasteiger partial charge in [-0.2, -0.15) is 0 Å². The summed E-state index contributed by atoms with van der Waals surface area (Å²) < 4.78 is 26.4. The maximum atomic E-state index is 13.3. The third kappa shape index (κ3) is 5.90. The Morgan fingerprint density at radius 1 is 1.13 bits per heavy atom. The van der Waals surface area contributed by atoms with Crippen LogP contribution in [0, 0.1) is 17.6 Å². The molecule has 0 aliphatic carbocycles. The standard InChI is InChI=1S/C21H23ClF2N4O2/c22-15-3-1-13(2-4-15)11-28-6-5-14(12-28)9-26-20(29)10-27-21(30)16-7-17(23)18(24)8-19(16)25/h1-4,7-8,14H,5-6,9-12,25H2,(H,26,29)(H,27,30). The average molecular weight is 437 g/mol. The van der Waals surface area contributed by atoms with Gasteiger partial charge in [-0.05, 0) is 42.6 Å². The molecule has 0 bridgehead atoms. The molecule has 1 fully saturated rings. The van der Waals surface area contributed by atoms with Crippen molar-refractivity contribution in [1.29, 1.82) is 0 Å². The molecule has 3 rings (SSSR count). The second kappa shape index (κ2) is 9.86. The molecule has 1 unspecified atom stereocenters. The zero-order chi connectivity index (χ0) is 21.7. The molecule has 0 spiro atoms. The number of nitrogen functional groups attached to an aromatic ring is 1. The number of likely N-dealkylation sites (tertiary alicyclic amines) is 1. The second-order valence-electron chi connectivity index (χ2n) is 7.36. The number of halogens is 3. The summed E-state index contributed by atoms with van der Waals surface area (Å²) in [6, 6.07) is 9.19. The molecule has 1 atom stereocenters. The van der Waals surface area contributed by atoms with Crippen molar-refractivity contribution in [2.75, 3.05) is 31.9 Å². The highest BCUT2D eigenvalue weighted by molar-refractivity contribution is 6.30. The van der Waals surface area contributed by atoms with Gasteiger partial charge in [-0.15, -0.1) is 0 Å². The molecule has 30 heavy (non-hydrogen) atoms. The molecular weight excluding hydrogens is 414 g/mol. The first-order valence-electron chi connectivity index (χ1n) is 9.58. The van der Waals surface area contributed by atoms with Crippen LogP contribution >= 0.6 is 11.6 Å². The van der Waals surface area contributed by atoms with Crippen molar-refractivity contribution in [2.45, 2.75) is 13.0 Å². The number of nitrogens with one attached hydrogen (secondary N) is 2. The fourth-order valence-corrected chi connectivity index (χ4v) is 3.53. The van der Waals surface area contributed by atoms with Crippen LogP contribution in [0.1, 0.15) is 22.3 Å². The number of carbonyl (C=O) groups excluding carboxylic acids is 2. The van der Waals surface area contributed by atoms with Crippen molar-refractivity contribution in [2.24, 2.45) is 5.92 Å². The molecule has 2 amide bonds. The molecule has 4 N–H and O–H groups in total. The van der Waals surface area contributed by atoms with E-state index in [2.05, 4.69) is 15.5 Å². The Bertz CT molecular complexity index is 924. The predicted octanol–water partition coefficient (Wildman–Crippen LogP) is 2.57. The summed E-state index contributed by atoms with van der Waals surface area (Å²) in [5.41, 5.74) is 6.31. The summed E-state index contributed by atoms with van der Waals surface area (Å²) in [6.07, 6.45) is 0.964. The number of carbonyl (C=O) groups is 2. The first kappa shape index (κ1) is 22.0. The van der Waals surface area contributed by atoms with Crippen LogP contribution in [0.5, 0.6) is 0 Å². The Morgan fingerprint density at radius 2 is 1.83 bits per heavy atom. The quantitative estimate of drug-likeness (QED) is 0.582.